The molecular weight excluding hydrogens is 641 g/mol. The van der Waals surface area contributed by atoms with Gasteiger partial charge in [-0.1, -0.05) is 36.4 Å². The molecule has 0 aliphatic rings. The minimum Gasteiger partial charge on any atom is -0.480 e. The van der Waals surface area contributed by atoms with Crippen LogP contribution in [0.3, 0.4) is 0 Å². The second-order valence-electron chi connectivity index (χ2n) is 10.5. The molecule has 0 aliphatic carbocycles. The van der Waals surface area contributed by atoms with E-state index >= 15 is 0 Å². The topological polar surface area (TPSA) is 150 Å². The summed E-state index contributed by atoms with van der Waals surface area (Å²) in [6.07, 6.45) is -4.99. The highest BCUT2D eigenvalue weighted by Gasteiger charge is 2.50. The molecular formula is C33H27F3N2O8S. The van der Waals surface area contributed by atoms with Gasteiger partial charge >= 0.3 is 24.1 Å². The molecule has 1 heterocycles. The monoisotopic (exact) mass is 668 g/mol. The van der Waals surface area contributed by atoms with Crippen LogP contribution < -0.4 is 5.32 Å². The molecule has 1 aromatic heterocycles. The van der Waals surface area contributed by atoms with Crippen LogP contribution in [0.25, 0.3) is 11.1 Å². The molecule has 0 fully saturated rings. The average molecular weight is 669 g/mol. The van der Waals surface area contributed by atoms with E-state index < -0.39 is 59.9 Å². The molecule has 244 valence electrons. The number of amides is 2. The lowest BCUT2D eigenvalue weighted by molar-refractivity contribution is -0.163. The highest BCUT2D eigenvalue weighted by atomic mass is 32.1. The number of nitrogens with zero attached hydrogens (tertiary/aromatic N) is 1. The van der Waals surface area contributed by atoms with Gasteiger partial charge in [-0.2, -0.15) is 24.5 Å². The molecule has 0 aliphatic heterocycles. The van der Waals surface area contributed by atoms with Crippen LogP contribution >= 0.6 is 11.3 Å². The maximum Gasteiger partial charge on any atom is 0.416 e. The van der Waals surface area contributed by atoms with Gasteiger partial charge in [-0.25, -0.2) is 0 Å². The molecule has 0 unspecified atom stereocenters. The van der Waals surface area contributed by atoms with E-state index in [9.17, 15) is 47.4 Å². The Balaban J connectivity index is 1.57. The number of carbonyl (C=O) groups excluding carboxylic acids is 3. The molecule has 3 N–H and O–H groups in total. The molecule has 0 radical (unpaired) electrons. The first-order valence-corrected chi connectivity index (χ1v) is 14.7. The molecule has 47 heavy (non-hydrogen) atoms. The quantitative estimate of drug-likeness (QED) is 0.139. The molecule has 10 nitrogen and oxygen atoms in total. The van der Waals surface area contributed by atoms with Crippen molar-refractivity contribution in [3.05, 3.63) is 111 Å². The van der Waals surface area contributed by atoms with E-state index in [1.165, 1.54) is 72.2 Å². The van der Waals surface area contributed by atoms with Crippen LogP contribution in [0.4, 0.5) is 18.9 Å². The van der Waals surface area contributed by atoms with Crippen LogP contribution in [-0.4, -0.2) is 65.5 Å². The van der Waals surface area contributed by atoms with Gasteiger partial charge in [0.2, 0.25) is 5.41 Å². The molecule has 3 aromatic carbocycles. The Labute approximate surface area is 270 Å². The van der Waals surface area contributed by atoms with Crippen molar-refractivity contribution in [3.8, 4) is 11.1 Å². The number of esters is 1. The number of halogens is 3. The number of hydrogen-bond donors (Lipinski definition) is 3. The lowest BCUT2D eigenvalue weighted by Gasteiger charge is -2.23. The van der Waals surface area contributed by atoms with Crippen molar-refractivity contribution >= 4 is 46.7 Å². The van der Waals surface area contributed by atoms with Crippen molar-refractivity contribution in [1.29, 1.82) is 0 Å². The zero-order valence-corrected chi connectivity index (χ0v) is 25.6. The number of carbonyl (C=O) groups is 5. The normalized spacial score (nSPS) is 11.4. The van der Waals surface area contributed by atoms with E-state index in [0.717, 1.165) is 23.5 Å². The zero-order valence-electron chi connectivity index (χ0n) is 24.8. The third-order valence-electron chi connectivity index (χ3n) is 7.21. The first kappa shape index (κ1) is 34.4. The van der Waals surface area contributed by atoms with Gasteiger partial charge in [-0.05, 0) is 69.4 Å². The SMILES string of the molecule is CN(C)C(=O)c1cc(CC(=O)OCC(C(=O)O)(C(=O)O)c2ccsc2)ccc1NC(=O)c1ccccc1-c1ccc(C(F)(F)F)cc1. The number of aliphatic carboxylic acids is 2. The Kier molecular flexibility index (Phi) is 10.1. The van der Waals surface area contributed by atoms with Crippen molar-refractivity contribution in [2.45, 2.75) is 18.0 Å². The predicted molar refractivity (Wildman–Crippen MR) is 165 cm³/mol. The van der Waals surface area contributed by atoms with Crippen LogP contribution in [-0.2, 0) is 37.1 Å². The second kappa shape index (κ2) is 13.9. The minimum atomic E-state index is -4.53. The summed E-state index contributed by atoms with van der Waals surface area (Å²) in [4.78, 5) is 64.5. The molecule has 4 rings (SSSR count). The zero-order chi connectivity index (χ0) is 34.5. The van der Waals surface area contributed by atoms with Gasteiger partial charge in [0.1, 0.15) is 6.61 Å². The van der Waals surface area contributed by atoms with E-state index in [2.05, 4.69) is 5.32 Å². The molecule has 4 aromatic rings. The largest absolute Gasteiger partial charge is 0.480 e. The fourth-order valence-corrected chi connectivity index (χ4v) is 5.38. The van der Waals surface area contributed by atoms with E-state index in [1.54, 1.807) is 18.2 Å². The number of thiophene rings is 1. The van der Waals surface area contributed by atoms with Crippen LogP contribution in [0.1, 0.15) is 37.4 Å². The van der Waals surface area contributed by atoms with Crippen molar-refractivity contribution in [3.63, 3.8) is 0 Å². The Bertz CT molecular complexity index is 1810. The third-order valence-corrected chi connectivity index (χ3v) is 7.89. The van der Waals surface area contributed by atoms with Crippen LogP contribution in [0.15, 0.2) is 83.6 Å². The van der Waals surface area contributed by atoms with Gasteiger partial charge in [0.15, 0.2) is 0 Å². The first-order chi connectivity index (χ1) is 22.1. The maximum atomic E-state index is 13.4. The Hall–Kier alpha value is -5.50. The lowest BCUT2D eigenvalue weighted by Crippen LogP contribution is -2.48. The minimum absolute atomic E-state index is 0.00986. The summed E-state index contributed by atoms with van der Waals surface area (Å²) >= 11 is 1.08. The number of alkyl halides is 3. The fourth-order valence-electron chi connectivity index (χ4n) is 4.65. The standard InChI is InChI=1S/C33H27F3N2O8S/c1-38(2)29(41)25-15-19(16-27(39)46-18-32(30(42)43,31(44)45)22-13-14-47-17-22)7-12-26(25)37-28(40)24-6-4-3-5-23(24)20-8-10-21(11-9-20)33(34,35)36/h3-15,17H,16,18H2,1-2H3,(H,37,40)(H,42,43)(H,44,45). The van der Waals surface area contributed by atoms with Crippen molar-refractivity contribution in [1.82, 2.24) is 4.90 Å². The number of nitrogens with one attached hydrogen (secondary N) is 1. The van der Waals surface area contributed by atoms with Gasteiger partial charge in [0.05, 0.1) is 23.2 Å². The fraction of sp³-hybridized carbons (Fsp3) is 0.182. The van der Waals surface area contributed by atoms with Crippen LogP contribution in [0.2, 0.25) is 0 Å². The second-order valence-corrected chi connectivity index (χ2v) is 11.3. The lowest BCUT2D eigenvalue weighted by atomic mass is 9.83. The summed E-state index contributed by atoms with van der Waals surface area (Å²) in [5.41, 5.74) is -2.29. The number of rotatable bonds is 11. The number of benzene rings is 3. The predicted octanol–water partition coefficient (Wildman–Crippen LogP) is 5.58. The molecule has 14 heteroatoms. The molecule has 0 saturated heterocycles. The van der Waals surface area contributed by atoms with E-state index in [0.29, 0.717) is 11.1 Å². The number of ether oxygens (including phenoxy) is 1. The van der Waals surface area contributed by atoms with Crippen LogP contribution in [0.5, 0.6) is 0 Å². The number of carboxylic acids is 2. The Morgan fingerprint density at radius 1 is 0.851 bits per heavy atom. The Morgan fingerprint density at radius 3 is 2.09 bits per heavy atom. The summed E-state index contributed by atoms with van der Waals surface area (Å²) in [7, 11) is 2.94. The molecule has 0 bridgehead atoms. The summed E-state index contributed by atoms with van der Waals surface area (Å²) < 4.78 is 44.3. The summed E-state index contributed by atoms with van der Waals surface area (Å²) in [5, 5.41) is 25.0. The average Bonchev–Trinajstić information content (AvgIpc) is 3.56. The summed E-state index contributed by atoms with van der Waals surface area (Å²) in [6, 6.07) is 16.0. The van der Waals surface area contributed by atoms with Crippen molar-refractivity contribution in [2.75, 3.05) is 26.0 Å². The van der Waals surface area contributed by atoms with E-state index in [4.69, 9.17) is 4.74 Å². The van der Waals surface area contributed by atoms with Crippen molar-refractivity contribution in [2.24, 2.45) is 0 Å². The van der Waals surface area contributed by atoms with Crippen molar-refractivity contribution < 1.29 is 52.1 Å². The first-order valence-electron chi connectivity index (χ1n) is 13.7. The smallest absolute Gasteiger partial charge is 0.416 e. The number of carboxylic acid groups (broad SMARTS) is 2. The molecule has 0 spiro atoms. The molecule has 0 saturated carbocycles. The van der Waals surface area contributed by atoms with Crippen LogP contribution in [0, 0.1) is 0 Å². The van der Waals surface area contributed by atoms with E-state index in [1.807, 2.05) is 0 Å². The third kappa shape index (κ3) is 7.49. The highest BCUT2D eigenvalue weighted by molar-refractivity contribution is 7.08. The van der Waals surface area contributed by atoms with E-state index in [-0.39, 0.29) is 27.9 Å². The Morgan fingerprint density at radius 2 is 1.51 bits per heavy atom. The maximum absolute atomic E-state index is 13.4. The summed E-state index contributed by atoms with van der Waals surface area (Å²) in [5.74, 6) is -5.59. The van der Waals surface area contributed by atoms with Gasteiger partial charge in [0, 0.05) is 19.7 Å². The highest BCUT2D eigenvalue weighted by Crippen LogP contribution is 2.33. The number of anilines is 1. The number of hydrogen-bond acceptors (Lipinski definition) is 7. The van der Waals surface area contributed by atoms with Gasteiger partial charge in [-0.15, -0.1) is 0 Å². The summed E-state index contributed by atoms with van der Waals surface area (Å²) in [6.45, 7) is -0.983. The molecule has 0 atom stereocenters. The molecule has 2 amide bonds. The van der Waals surface area contributed by atoms with Gasteiger partial charge in [-0.3, -0.25) is 24.0 Å². The van der Waals surface area contributed by atoms with Gasteiger partial charge < -0.3 is 25.2 Å². The van der Waals surface area contributed by atoms with Gasteiger partial charge in [0.25, 0.3) is 11.8 Å².